The lowest BCUT2D eigenvalue weighted by molar-refractivity contribution is -0.116. The molecule has 48 heavy (non-hydrogen) atoms. The first-order valence-corrected chi connectivity index (χ1v) is 16.8. The van der Waals surface area contributed by atoms with Gasteiger partial charge in [-0.3, -0.25) is 4.79 Å². The number of furan rings is 1. The molecule has 1 amide bonds. The summed E-state index contributed by atoms with van der Waals surface area (Å²) in [5.74, 6) is 1.01. The van der Waals surface area contributed by atoms with Crippen molar-refractivity contribution in [3.8, 4) is 17.1 Å². The van der Waals surface area contributed by atoms with E-state index in [-0.39, 0.29) is 29.6 Å². The minimum Gasteiger partial charge on any atom is -0.487 e. The third kappa shape index (κ3) is 8.06. The first-order valence-electron chi connectivity index (χ1n) is 14.8. The SMILES string of the molecule is O=C(/C=C/c1ccc(-c2ccc3ncnc(Nc4ccc(OCc5cccc(F)c5)c(Cl)c4)c3c2)o1)NCCS(=O)(=O)c1ccccc1. The van der Waals surface area contributed by atoms with Gasteiger partial charge < -0.3 is 19.8 Å². The summed E-state index contributed by atoms with van der Waals surface area (Å²) in [5, 5.41) is 6.98. The predicted octanol–water partition coefficient (Wildman–Crippen LogP) is 7.61. The average molecular weight is 683 g/mol. The largest absolute Gasteiger partial charge is 0.487 e. The number of nitrogens with zero attached hydrogens (tertiary/aromatic N) is 2. The lowest BCUT2D eigenvalue weighted by Crippen LogP contribution is -2.27. The van der Waals surface area contributed by atoms with Crippen LogP contribution < -0.4 is 15.4 Å². The van der Waals surface area contributed by atoms with E-state index >= 15 is 0 Å². The van der Waals surface area contributed by atoms with Gasteiger partial charge in [0, 0.05) is 29.3 Å². The fraction of sp³-hybridized carbons (Fsp3) is 0.0833. The van der Waals surface area contributed by atoms with Crippen LogP contribution in [-0.2, 0) is 21.2 Å². The number of carbonyl (C=O) groups excluding carboxylic acids is 1. The second kappa shape index (κ2) is 14.5. The molecule has 2 aromatic heterocycles. The Bertz CT molecular complexity index is 2230. The molecule has 2 N–H and O–H groups in total. The molecular formula is C36H28ClFN4O5S. The fourth-order valence-corrected chi connectivity index (χ4v) is 6.21. The number of anilines is 2. The molecule has 12 heteroatoms. The highest BCUT2D eigenvalue weighted by molar-refractivity contribution is 7.91. The van der Waals surface area contributed by atoms with Crippen molar-refractivity contribution in [2.24, 2.45) is 0 Å². The van der Waals surface area contributed by atoms with Crippen molar-refractivity contribution >= 4 is 55.8 Å². The Morgan fingerprint density at radius 3 is 2.60 bits per heavy atom. The highest BCUT2D eigenvalue weighted by Crippen LogP contribution is 2.33. The zero-order chi connectivity index (χ0) is 33.5. The molecule has 0 spiro atoms. The van der Waals surface area contributed by atoms with Crippen LogP contribution in [0.25, 0.3) is 28.3 Å². The lowest BCUT2D eigenvalue weighted by Gasteiger charge is -2.12. The summed E-state index contributed by atoms with van der Waals surface area (Å²) >= 11 is 6.49. The van der Waals surface area contributed by atoms with Crippen LogP contribution in [0.4, 0.5) is 15.9 Å². The molecule has 0 saturated heterocycles. The number of sulfone groups is 1. The van der Waals surface area contributed by atoms with E-state index in [1.54, 1.807) is 60.7 Å². The van der Waals surface area contributed by atoms with Gasteiger partial charge in [-0.15, -0.1) is 0 Å². The van der Waals surface area contributed by atoms with Gasteiger partial charge >= 0.3 is 0 Å². The van der Waals surface area contributed by atoms with Gasteiger partial charge in [-0.05, 0) is 84.4 Å². The van der Waals surface area contributed by atoms with E-state index in [2.05, 4.69) is 20.6 Å². The van der Waals surface area contributed by atoms with Crippen LogP contribution >= 0.6 is 11.6 Å². The molecule has 0 aliphatic carbocycles. The van der Waals surface area contributed by atoms with Gasteiger partial charge in [0.1, 0.15) is 41.8 Å². The molecule has 242 valence electrons. The number of hydrogen-bond donors (Lipinski definition) is 2. The summed E-state index contributed by atoms with van der Waals surface area (Å²) in [5.41, 5.74) is 2.82. The molecule has 0 radical (unpaired) electrons. The van der Waals surface area contributed by atoms with Crippen molar-refractivity contribution in [1.29, 1.82) is 0 Å². The summed E-state index contributed by atoms with van der Waals surface area (Å²) in [6.45, 7) is 0.142. The van der Waals surface area contributed by atoms with E-state index in [0.717, 1.165) is 10.9 Å². The number of benzene rings is 4. The van der Waals surface area contributed by atoms with Crippen LogP contribution in [0.5, 0.6) is 5.75 Å². The van der Waals surface area contributed by atoms with Crippen LogP contribution in [0.3, 0.4) is 0 Å². The number of halogens is 2. The van der Waals surface area contributed by atoms with Gasteiger partial charge in [0.15, 0.2) is 9.84 Å². The number of ether oxygens (including phenoxy) is 1. The molecule has 0 fully saturated rings. The Morgan fingerprint density at radius 1 is 0.938 bits per heavy atom. The molecular weight excluding hydrogens is 655 g/mol. The Kier molecular flexibility index (Phi) is 9.79. The molecule has 4 aromatic carbocycles. The van der Waals surface area contributed by atoms with Gasteiger partial charge in [0.2, 0.25) is 5.91 Å². The lowest BCUT2D eigenvalue weighted by atomic mass is 10.1. The smallest absolute Gasteiger partial charge is 0.244 e. The zero-order valence-corrected chi connectivity index (χ0v) is 26.8. The third-order valence-electron chi connectivity index (χ3n) is 7.20. The molecule has 9 nitrogen and oxygen atoms in total. The second-order valence-electron chi connectivity index (χ2n) is 10.6. The van der Waals surface area contributed by atoms with Crippen molar-refractivity contribution in [1.82, 2.24) is 15.3 Å². The van der Waals surface area contributed by atoms with Gasteiger partial charge in [-0.2, -0.15) is 0 Å². The summed E-state index contributed by atoms with van der Waals surface area (Å²) in [4.78, 5) is 21.3. The van der Waals surface area contributed by atoms with Crippen LogP contribution in [0, 0.1) is 5.82 Å². The molecule has 0 atom stereocenters. The summed E-state index contributed by atoms with van der Waals surface area (Å²) < 4.78 is 50.0. The van der Waals surface area contributed by atoms with Crippen molar-refractivity contribution < 1.29 is 26.8 Å². The van der Waals surface area contributed by atoms with Crippen LogP contribution in [0.2, 0.25) is 5.02 Å². The highest BCUT2D eigenvalue weighted by Gasteiger charge is 2.14. The maximum atomic E-state index is 13.5. The van der Waals surface area contributed by atoms with Crippen molar-refractivity contribution in [2.75, 3.05) is 17.6 Å². The van der Waals surface area contributed by atoms with Gasteiger partial charge in [-0.25, -0.2) is 22.8 Å². The standard InChI is InChI=1S/C36H28ClFN4O5S/c37-31-21-27(10-14-34(31)46-22-24-5-4-6-26(38)19-24)42-36-30-20-25(9-13-32(30)40-23-41-36)33-15-11-28(47-33)12-16-35(43)39-17-18-48(44,45)29-7-2-1-3-8-29/h1-16,19-21,23H,17-18,22H2,(H,39,43)(H,40,41,42)/b16-12+. The first-order chi connectivity index (χ1) is 23.2. The quantitative estimate of drug-likeness (QED) is 0.127. The topological polar surface area (TPSA) is 123 Å². The Labute approximate surface area is 281 Å². The minimum absolute atomic E-state index is 0.0277. The Balaban J connectivity index is 1.10. The first kappa shape index (κ1) is 32.4. The number of hydrogen-bond acceptors (Lipinski definition) is 8. The molecule has 0 aliphatic heterocycles. The number of aromatic nitrogens is 2. The normalized spacial score (nSPS) is 11.5. The number of fused-ring (bicyclic) bond motifs is 1. The number of amides is 1. The van der Waals surface area contributed by atoms with Crippen molar-refractivity contribution in [3.63, 3.8) is 0 Å². The maximum absolute atomic E-state index is 13.5. The zero-order valence-electron chi connectivity index (χ0n) is 25.3. The predicted molar refractivity (Wildman–Crippen MR) is 183 cm³/mol. The van der Waals surface area contributed by atoms with Gasteiger partial charge in [0.25, 0.3) is 0 Å². The Hall–Kier alpha value is -5.52. The summed E-state index contributed by atoms with van der Waals surface area (Å²) in [7, 11) is -3.49. The third-order valence-corrected chi connectivity index (χ3v) is 9.22. The molecule has 0 saturated carbocycles. The number of carbonyl (C=O) groups is 1. The minimum atomic E-state index is -3.49. The highest BCUT2D eigenvalue weighted by atomic mass is 35.5. The van der Waals surface area contributed by atoms with Crippen LogP contribution in [0.15, 0.2) is 125 Å². The number of nitrogens with one attached hydrogen (secondary N) is 2. The van der Waals surface area contributed by atoms with Gasteiger partial charge in [-0.1, -0.05) is 41.9 Å². The molecule has 0 unspecified atom stereocenters. The van der Waals surface area contributed by atoms with E-state index in [1.165, 1.54) is 42.7 Å². The second-order valence-corrected chi connectivity index (χ2v) is 13.1. The van der Waals surface area contributed by atoms with E-state index in [4.69, 9.17) is 20.8 Å². The van der Waals surface area contributed by atoms with Crippen molar-refractivity contribution in [3.05, 3.63) is 138 Å². The summed E-state index contributed by atoms with van der Waals surface area (Å²) in [6, 6.07) is 28.6. The molecule has 0 aliphatic rings. The maximum Gasteiger partial charge on any atom is 0.244 e. The molecule has 6 rings (SSSR count). The van der Waals surface area contributed by atoms with Gasteiger partial charge in [0.05, 0.1) is 21.2 Å². The molecule has 6 aromatic rings. The van der Waals surface area contributed by atoms with Crippen LogP contribution in [-0.4, -0.2) is 36.6 Å². The van der Waals surface area contributed by atoms with E-state index in [9.17, 15) is 17.6 Å². The van der Waals surface area contributed by atoms with E-state index < -0.39 is 15.7 Å². The Morgan fingerprint density at radius 2 is 1.79 bits per heavy atom. The van der Waals surface area contributed by atoms with E-state index in [0.29, 0.717) is 44.9 Å². The molecule has 0 bridgehead atoms. The van der Waals surface area contributed by atoms with Crippen molar-refractivity contribution in [2.45, 2.75) is 11.5 Å². The number of rotatable bonds is 12. The summed E-state index contributed by atoms with van der Waals surface area (Å²) in [6.07, 6.45) is 4.26. The fourth-order valence-electron chi connectivity index (χ4n) is 4.80. The van der Waals surface area contributed by atoms with E-state index in [1.807, 2.05) is 18.2 Å². The average Bonchev–Trinajstić information content (AvgIpc) is 3.57. The monoisotopic (exact) mass is 682 g/mol. The molecule has 2 heterocycles. The van der Waals surface area contributed by atoms with Crippen LogP contribution in [0.1, 0.15) is 11.3 Å².